The van der Waals surface area contributed by atoms with Crippen LogP contribution in [-0.4, -0.2) is 28.7 Å². The second-order valence-corrected chi connectivity index (χ2v) is 11.4. The Labute approximate surface area is 226 Å². The molecule has 4 rings (SSSR count). The highest BCUT2D eigenvalue weighted by atomic mass is 19.1. The first-order valence-electron chi connectivity index (χ1n) is 13.7. The van der Waals surface area contributed by atoms with Gasteiger partial charge >= 0.3 is 6.03 Å². The van der Waals surface area contributed by atoms with Gasteiger partial charge in [0.15, 0.2) is 0 Å². The standard InChI is InChI=1S/C32H41FN4O/c1-21(2)37(22(3)4)31(38)36-29(23-9-7-6-8-10-23)17-25-11-12-26-18-30(24(20-34)19-32(25,26)5)35-28-15-13-27(33)14-16-28/h6-10,13-16,18,20-22,25,29H,11-12,17,19,34H2,1-5H3,(H,36,38)/t25-,29?,32-/m1/s1. The Kier molecular flexibility index (Phi) is 8.39. The molecule has 1 saturated carbocycles. The summed E-state index contributed by atoms with van der Waals surface area (Å²) in [5, 5.41) is 3.38. The lowest BCUT2D eigenvalue weighted by atomic mass is 9.67. The quantitative estimate of drug-likeness (QED) is 0.401. The van der Waals surface area contributed by atoms with Crippen molar-refractivity contribution in [2.45, 2.75) is 78.4 Å². The van der Waals surface area contributed by atoms with Gasteiger partial charge < -0.3 is 16.0 Å². The first-order chi connectivity index (χ1) is 18.1. The van der Waals surface area contributed by atoms with E-state index in [9.17, 15) is 9.18 Å². The predicted molar refractivity (Wildman–Crippen MR) is 154 cm³/mol. The summed E-state index contributed by atoms with van der Waals surface area (Å²) >= 11 is 0. The largest absolute Gasteiger partial charge is 0.404 e. The molecular weight excluding hydrogens is 475 g/mol. The SMILES string of the molecule is CC(C)N(C(=O)NC(C[C@H]1CCC2=CC(=Nc3ccc(F)cc3)C(=CN)C[C@@]21C)c1ccccc1)C(C)C. The van der Waals surface area contributed by atoms with E-state index in [0.717, 1.165) is 42.5 Å². The summed E-state index contributed by atoms with van der Waals surface area (Å²) in [6, 6.07) is 16.6. The Morgan fingerprint density at radius 1 is 1.13 bits per heavy atom. The Bertz CT molecular complexity index is 1210. The second-order valence-electron chi connectivity index (χ2n) is 11.4. The fourth-order valence-corrected chi connectivity index (χ4v) is 6.25. The van der Waals surface area contributed by atoms with Crippen LogP contribution >= 0.6 is 0 Å². The van der Waals surface area contributed by atoms with E-state index in [1.165, 1.54) is 17.7 Å². The fourth-order valence-electron chi connectivity index (χ4n) is 6.25. The molecule has 1 unspecified atom stereocenters. The fraction of sp³-hybridized carbons (Fsp3) is 0.438. The number of allylic oxidation sites excluding steroid dienone is 3. The maximum absolute atomic E-state index is 13.4. The lowest BCUT2D eigenvalue weighted by Crippen LogP contribution is -2.49. The zero-order valence-electron chi connectivity index (χ0n) is 23.2. The van der Waals surface area contributed by atoms with E-state index in [-0.39, 0.29) is 35.4 Å². The second kappa shape index (κ2) is 11.5. The van der Waals surface area contributed by atoms with Crippen molar-refractivity contribution in [3.8, 4) is 0 Å². The van der Waals surface area contributed by atoms with Crippen molar-refractivity contribution in [1.82, 2.24) is 10.2 Å². The summed E-state index contributed by atoms with van der Waals surface area (Å²) in [5.74, 6) is 0.0925. The molecule has 3 N–H and O–H groups in total. The van der Waals surface area contributed by atoms with E-state index < -0.39 is 0 Å². The topological polar surface area (TPSA) is 70.7 Å². The van der Waals surface area contributed by atoms with Crippen LogP contribution in [-0.2, 0) is 0 Å². The van der Waals surface area contributed by atoms with Gasteiger partial charge in [0.05, 0.1) is 17.4 Å². The minimum absolute atomic E-state index is 0.0253. The minimum atomic E-state index is -0.276. The molecule has 202 valence electrons. The molecule has 2 aromatic carbocycles. The summed E-state index contributed by atoms with van der Waals surface area (Å²) in [7, 11) is 0. The number of aliphatic imine (C=N–C) groups is 1. The lowest BCUT2D eigenvalue weighted by molar-refractivity contribution is 0.156. The molecule has 0 aromatic heterocycles. The number of rotatable bonds is 7. The molecule has 5 nitrogen and oxygen atoms in total. The molecule has 3 atom stereocenters. The number of benzene rings is 2. The minimum Gasteiger partial charge on any atom is -0.404 e. The molecule has 38 heavy (non-hydrogen) atoms. The first kappa shape index (κ1) is 27.6. The predicted octanol–water partition coefficient (Wildman–Crippen LogP) is 7.45. The molecule has 0 heterocycles. The van der Waals surface area contributed by atoms with Crippen LogP contribution in [0.2, 0.25) is 0 Å². The summed E-state index contributed by atoms with van der Waals surface area (Å²) < 4.78 is 13.4. The molecule has 2 amide bonds. The highest BCUT2D eigenvalue weighted by Crippen LogP contribution is 2.56. The zero-order chi connectivity index (χ0) is 27.4. The zero-order valence-corrected chi connectivity index (χ0v) is 23.2. The van der Waals surface area contributed by atoms with Crippen molar-refractivity contribution < 1.29 is 9.18 Å². The van der Waals surface area contributed by atoms with E-state index in [2.05, 4.69) is 58.1 Å². The van der Waals surface area contributed by atoms with Crippen LogP contribution in [0, 0.1) is 17.2 Å². The molecule has 0 bridgehead atoms. The van der Waals surface area contributed by atoms with E-state index in [0.29, 0.717) is 11.6 Å². The van der Waals surface area contributed by atoms with Crippen LogP contribution in [0.15, 0.2) is 83.0 Å². The summed E-state index contributed by atoms with van der Waals surface area (Å²) in [5.41, 5.74) is 11.1. The smallest absolute Gasteiger partial charge is 0.318 e. The van der Waals surface area contributed by atoms with Gasteiger partial charge in [-0.1, -0.05) is 42.8 Å². The number of hydrogen-bond acceptors (Lipinski definition) is 3. The third-order valence-electron chi connectivity index (χ3n) is 8.24. The Balaban J connectivity index is 1.61. The molecule has 6 heteroatoms. The molecule has 2 aromatic rings. The number of fused-ring (bicyclic) bond motifs is 1. The number of halogens is 1. The highest BCUT2D eigenvalue weighted by Gasteiger charge is 2.46. The van der Waals surface area contributed by atoms with Crippen molar-refractivity contribution >= 4 is 17.4 Å². The van der Waals surface area contributed by atoms with Gasteiger partial charge in [-0.2, -0.15) is 0 Å². The number of carbonyl (C=O) groups excluding carboxylic acids is 1. The first-order valence-corrected chi connectivity index (χ1v) is 13.7. The molecule has 2 aliphatic carbocycles. The summed E-state index contributed by atoms with van der Waals surface area (Å²) in [6.45, 7) is 10.5. The van der Waals surface area contributed by atoms with Crippen LogP contribution in [0.25, 0.3) is 0 Å². The van der Waals surface area contributed by atoms with E-state index in [1.54, 1.807) is 18.3 Å². The Morgan fingerprint density at radius 3 is 2.39 bits per heavy atom. The average Bonchev–Trinajstić information content (AvgIpc) is 3.19. The maximum atomic E-state index is 13.4. The molecule has 0 spiro atoms. The van der Waals surface area contributed by atoms with E-state index in [4.69, 9.17) is 10.7 Å². The summed E-state index contributed by atoms with van der Waals surface area (Å²) in [6.07, 6.45) is 7.51. The van der Waals surface area contributed by atoms with E-state index in [1.807, 2.05) is 23.1 Å². The molecular formula is C32H41FN4O. The highest BCUT2D eigenvalue weighted by molar-refractivity contribution is 6.11. The number of carbonyl (C=O) groups is 1. The molecule has 0 radical (unpaired) electrons. The number of urea groups is 1. The Morgan fingerprint density at radius 2 is 1.79 bits per heavy atom. The van der Waals surface area contributed by atoms with Crippen molar-refractivity contribution in [3.05, 3.63) is 89.4 Å². The Hall–Kier alpha value is -3.41. The maximum Gasteiger partial charge on any atom is 0.318 e. The molecule has 0 aliphatic heterocycles. The van der Waals surface area contributed by atoms with Gasteiger partial charge in [0.1, 0.15) is 5.82 Å². The van der Waals surface area contributed by atoms with Crippen LogP contribution in [0.1, 0.15) is 71.9 Å². The summed E-state index contributed by atoms with van der Waals surface area (Å²) in [4.78, 5) is 20.1. The number of nitrogens with one attached hydrogen (secondary N) is 1. The van der Waals surface area contributed by atoms with E-state index >= 15 is 0 Å². The van der Waals surface area contributed by atoms with Gasteiger partial charge in [-0.3, -0.25) is 0 Å². The normalized spacial score (nSPS) is 24.0. The third kappa shape index (κ3) is 5.85. The molecule has 0 saturated heterocycles. The van der Waals surface area contributed by atoms with Crippen molar-refractivity contribution in [2.24, 2.45) is 22.1 Å². The van der Waals surface area contributed by atoms with Crippen molar-refractivity contribution in [3.63, 3.8) is 0 Å². The van der Waals surface area contributed by atoms with Gasteiger partial charge in [-0.15, -0.1) is 0 Å². The number of amides is 2. The van der Waals surface area contributed by atoms with Gasteiger partial charge in [0, 0.05) is 12.1 Å². The van der Waals surface area contributed by atoms with Gasteiger partial charge in [-0.25, -0.2) is 14.2 Å². The van der Waals surface area contributed by atoms with Crippen LogP contribution in [0.3, 0.4) is 0 Å². The van der Waals surface area contributed by atoms with Gasteiger partial charge in [0.2, 0.25) is 0 Å². The number of nitrogens with two attached hydrogens (primary N) is 1. The lowest BCUT2D eigenvalue weighted by Gasteiger charge is -2.39. The molecule has 1 fully saturated rings. The van der Waals surface area contributed by atoms with Crippen LogP contribution < -0.4 is 11.1 Å². The number of hydrogen-bond donors (Lipinski definition) is 2. The average molecular weight is 517 g/mol. The van der Waals surface area contributed by atoms with Crippen molar-refractivity contribution in [2.75, 3.05) is 0 Å². The van der Waals surface area contributed by atoms with Crippen molar-refractivity contribution in [1.29, 1.82) is 0 Å². The van der Waals surface area contributed by atoms with Gasteiger partial charge in [-0.05, 0) is 112 Å². The monoisotopic (exact) mass is 516 g/mol. The van der Waals surface area contributed by atoms with Crippen LogP contribution in [0.5, 0.6) is 0 Å². The molecule has 2 aliphatic rings. The third-order valence-corrected chi connectivity index (χ3v) is 8.24. The van der Waals surface area contributed by atoms with Crippen LogP contribution in [0.4, 0.5) is 14.9 Å². The number of nitrogens with zero attached hydrogens (tertiary/aromatic N) is 2. The van der Waals surface area contributed by atoms with Gasteiger partial charge in [0.25, 0.3) is 0 Å².